The maximum atomic E-state index is 13.4. The maximum absolute atomic E-state index is 13.4. The summed E-state index contributed by atoms with van der Waals surface area (Å²) in [5, 5.41) is 0. The van der Waals surface area contributed by atoms with Crippen LogP contribution in [0.4, 0.5) is 10.3 Å². The van der Waals surface area contributed by atoms with Gasteiger partial charge in [0.05, 0.1) is 35.5 Å². The van der Waals surface area contributed by atoms with Gasteiger partial charge in [-0.15, -0.1) is 0 Å². The lowest BCUT2D eigenvalue weighted by molar-refractivity contribution is 0.103. The highest BCUT2D eigenvalue weighted by atomic mass is 19.1. The highest BCUT2D eigenvalue weighted by Gasteiger charge is 2.32. The number of hydrogen-bond acceptors (Lipinski definition) is 7. The molecule has 0 amide bonds. The molecule has 3 heterocycles. The van der Waals surface area contributed by atoms with Gasteiger partial charge in [-0.3, -0.25) is 9.89 Å². The summed E-state index contributed by atoms with van der Waals surface area (Å²) in [5.41, 5.74) is 14.5. The molecule has 3 aromatic rings. The lowest BCUT2D eigenvalue weighted by atomic mass is 10.0. The minimum Gasteiger partial charge on any atom is -0.368 e. The van der Waals surface area contributed by atoms with Crippen LogP contribution >= 0.6 is 0 Å². The number of benzene rings is 1. The smallest absolute Gasteiger partial charge is 0.220 e. The molecule has 1 aliphatic heterocycles. The molecule has 1 aromatic carbocycles. The Kier molecular flexibility index (Phi) is 6.34. The zero-order chi connectivity index (χ0) is 21.8. The summed E-state index contributed by atoms with van der Waals surface area (Å²) in [6, 6.07) is 8.63. The molecular formula is C22H27FN8. The summed E-state index contributed by atoms with van der Waals surface area (Å²) in [6.07, 6.45) is 6.18. The van der Waals surface area contributed by atoms with Crippen LogP contribution in [0, 0.1) is 5.82 Å². The van der Waals surface area contributed by atoms with Gasteiger partial charge in [0.1, 0.15) is 5.82 Å². The first-order valence-corrected chi connectivity index (χ1v) is 10.4. The number of imidazole rings is 1. The van der Waals surface area contributed by atoms with Gasteiger partial charge in [-0.1, -0.05) is 0 Å². The average molecular weight is 423 g/mol. The van der Waals surface area contributed by atoms with Crippen LogP contribution in [0.5, 0.6) is 0 Å². The number of nitrogens with two attached hydrogens (primary N) is 2. The summed E-state index contributed by atoms with van der Waals surface area (Å²) < 4.78 is 15.6. The molecule has 31 heavy (non-hydrogen) atoms. The molecule has 0 bridgehead atoms. The van der Waals surface area contributed by atoms with Gasteiger partial charge in [0.15, 0.2) is 0 Å². The van der Waals surface area contributed by atoms with Crippen molar-refractivity contribution in [2.45, 2.75) is 25.4 Å². The van der Waals surface area contributed by atoms with E-state index in [1.165, 1.54) is 12.1 Å². The molecule has 1 unspecified atom stereocenters. The zero-order valence-electron chi connectivity index (χ0n) is 17.5. The molecule has 4 rings (SSSR count). The van der Waals surface area contributed by atoms with Crippen molar-refractivity contribution in [2.75, 3.05) is 31.9 Å². The van der Waals surface area contributed by atoms with Crippen molar-refractivity contribution in [3.63, 3.8) is 0 Å². The summed E-state index contributed by atoms with van der Waals surface area (Å²) in [7, 11) is 0. The molecular weight excluding hydrogens is 395 g/mol. The third-order valence-corrected chi connectivity index (χ3v) is 5.34. The number of aromatic nitrogens is 4. The molecule has 9 heteroatoms. The third-order valence-electron chi connectivity index (χ3n) is 5.34. The number of aliphatic imine (C=N–C) groups is 1. The summed E-state index contributed by atoms with van der Waals surface area (Å²) in [5.74, 6) is -0.0800. The lowest BCUT2D eigenvalue weighted by Gasteiger charge is -2.41. The van der Waals surface area contributed by atoms with Gasteiger partial charge in [-0.25, -0.2) is 19.3 Å². The predicted molar refractivity (Wildman–Crippen MR) is 120 cm³/mol. The van der Waals surface area contributed by atoms with Crippen molar-refractivity contribution in [3.8, 4) is 22.6 Å². The van der Waals surface area contributed by atoms with E-state index in [-0.39, 0.29) is 23.8 Å². The minimum atomic E-state index is -0.283. The second-order valence-electron chi connectivity index (χ2n) is 7.79. The van der Waals surface area contributed by atoms with E-state index in [4.69, 9.17) is 11.5 Å². The Morgan fingerprint density at radius 2 is 2.00 bits per heavy atom. The van der Waals surface area contributed by atoms with Crippen LogP contribution in [-0.4, -0.2) is 62.9 Å². The number of halogens is 1. The van der Waals surface area contributed by atoms with E-state index in [2.05, 4.69) is 36.3 Å². The molecule has 0 saturated carbocycles. The van der Waals surface area contributed by atoms with Crippen molar-refractivity contribution in [1.29, 1.82) is 0 Å². The first-order valence-electron chi connectivity index (χ1n) is 10.4. The van der Waals surface area contributed by atoms with E-state index in [0.29, 0.717) is 12.2 Å². The van der Waals surface area contributed by atoms with E-state index in [9.17, 15) is 4.39 Å². The molecule has 8 nitrogen and oxygen atoms in total. The number of hydrogen-bond donors (Lipinski definition) is 2. The molecule has 0 radical (unpaired) electrons. The van der Waals surface area contributed by atoms with Gasteiger partial charge in [0.25, 0.3) is 0 Å². The van der Waals surface area contributed by atoms with Gasteiger partial charge in [-0.05, 0) is 50.2 Å². The lowest BCUT2D eigenvalue weighted by Crippen LogP contribution is -2.49. The van der Waals surface area contributed by atoms with Crippen molar-refractivity contribution in [1.82, 2.24) is 24.4 Å². The molecule has 4 N–H and O–H groups in total. The SMILES string of the molecule is CC(CN1CC(n2cnc(-c3ccc(F)cc3)c2-c2ccnc(N)n2)C1)N=CCCN. The van der Waals surface area contributed by atoms with Crippen LogP contribution in [0.1, 0.15) is 19.4 Å². The van der Waals surface area contributed by atoms with Crippen molar-refractivity contribution < 1.29 is 4.39 Å². The highest BCUT2D eigenvalue weighted by molar-refractivity contribution is 5.77. The fraction of sp³-hybridized carbons (Fsp3) is 0.364. The second-order valence-corrected chi connectivity index (χ2v) is 7.79. The fourth-order valence-corrected chi connectivity index (χ4v) is 3.83. The predicted octanol–water partition coefficient (Wildman–Crippen LogP) is 2.39. The Balaban J connectivity index is 1.57. The van der Waals surface area contributed by atoms with Crippen molar-refractivity contribution in [2.24, 2.45) is 10.7 Å². The monoisotopic (exact) mass is 422 g/mol. The first-order chi connectivity index (χ1) is 15.0. The van der Waals surface area contributed by atoms with Crippen LogP contribution < -0.4 is 11.5 Å². The Labute approximate surface area is 180 Å². The molecule has 2 aromatic heterocycles. The molecule has 0 spiro atoms. The number of likely N-dealkylation sites (tertiary alicyclic amines) is 1. The average Bonchev–Trinajstić information content (AvgIpc) is 3.15. The van der Waals surface area contributed by atoms with E-state index >= 15 is 0 Å². The molecule has 1 fully saturated rings. The van der Waals surface area contributed by atoms with E-state index in [0.717, 1.165) is 43.0 Å². The quantitative estimate of drug-likeness (QED) is 0.539. The van der Waals surface area contributed by atoms with Gasteiger partial charge in [-0.2, -0.15) is 0 Å². The second kappa shape index (κ2) is 9.32. The fourth-order valence-electron chi connectivity index (χ4n) is 3.83. The van der Waals surface area contributed by atoms with Crippen LogP contribution in [0.3, 0.4) is 0 Å². The van der Waals surface area contributed by atoms with E-state index < -0.39 is 0 Å². The standard InChI is InChI=1S/C22H27FN8/c1-15(26-9-2-8-24)11-30-12-18(13-30)31-14-28-20(16-3-5-17(23)6-4-16)21(31)19-7-10-27-22(25)29-19/h3-7,9-10,14-15,18H,2,8,11-13,24H2,1H3,(H2,25,27,29). The normalized spacial score (nSPS) is 16.0. The molecule has 162 valence electrons. The Morgan fingerprint density at radius 1 is 1.23 bits per heavy atom. The molecule has 1 saturated heterocycles. The van der Waals surface area contributed by atoms with Crippen LogP contribution in [-0.2, 0) is 0 Å². The van der Waals surface area contributed by atoms with Crippen LogP contribution in [0.15, 0.2) is 47.8 Å². The van der Waals surface area contributed by atoms with Gasteiger partial charge in [0.2, 0.25) is 5.95 Å². The van der Waals surface area contributed by atoms with Crippen molar-refractivity contribution >= 4 is 12.2 Å². The minimum absolute atomic E-state index is 0.203. The number of rotatable bonds is 8. The molecule has 1 atom stereocenters. The summed E-state index contributed by atoms with van der Waals surface area (Å²) in [4.78, 5) is 20.0. The van der Waals surface area contributed by atoms with E-state index in [1.54, 1.807) is 18.3 Å². The van der Waals surface area contributed by atoms with E-state index in [1.807, 2.05) is 18.6 Å². The summed E-state index contributed by atoms with van der Waals surface area (Å²) in [6.45, 7) is 5.41. The number of nitrogens with zero attached hydrogens (tertiary/aromatic N) is 6. The molecule has 1 aliphatic rings. The number of anilines is 1. The largest absolute Gasteiger partial charge is 0.368 e. The molecule has 0 aliphatic carbocycles. The van der Waals surface area contributed by atoms with Gasteiger partial charge >= 0.3 is 0 Å². The highest BCUT2D eigenvalue weighted by Crippen LogP contribution is 2.35. The van der Waals surface area contributed by atoms with Crippen molar-refractivity contribution in [3.05, 3.63) is 48.7 Å². The first kappa shape index (κ1) is 21.1. The zero-order valence-corrected chi connectivity index (χ0v) is 17.5. The Hall–Kier alpha value is -3.17. The number of nitrogen functional groups attached to an aromatic ring is 1. The summed E-state index contributed by atoms with van der Waals surface area (Å²) >= 11 is 0. The topological polar surface area (TPSA) is 111 Å². The van der Waals surface area contributed by atoms with Crippen LogP contribution in [0.25, 0.3) is 22.6 Å². The van der Waals surface area contributed by atoms with Crippen LogP contribution in [0.2, 0.25) is 0 Å². The third kappa shape index (κ3) is 4.78. The Bertz CT molecular complexity index is 1040. The Morgan fingerprint density at radius 3 is 2.71 bits per heavy atom. The van der Waals surface area contributed by atoms with Gasteiger partial charge < -0.3 is 16.0 Å². The van der Waals surface area contributed by atoms with Gasteiger partial charge in [0, 0.05) is 37.6 Å². The maximum Gasteiger partial charge on any atom is 0.220 e.